The molecule has 8 nitrogen and oxygen atoms in total. The highest BCUT2D eigenvalue weighted by atomic mass is 16.6. The molecule has 2 heterocycles. The molecule has 0 aliphatic carbocycles. The Hall–Kier alpha value is -3.55. The van der Waals surface area contributed by atoms with Gasteiger partial charge in [-0.05, 0) is 31.2 Å². The number of benzene rings is 2. The SMILES string of the molecule is CC(OC(=O)Cc1noc2ccccc12)C(=O)Nc1ccc2c(c1)OCCO2. The van der Waals surface area contributed by atoms with Gasteiger partial charge in [-0.3, -0.25) is 9.59 Å². The van der Waals surface area contributed by atoms with Crippen molar-refractivity contribution in [2.24, 2.45) is 0 Å². The largest absolute Gasteiger partial charge is 0.486 e. The van der Waals surface area contributed by atoms with Crippen molar-refractivity contribution in [3.05, 3.63) is 48.2 Å². The molecule has 0 saturated carbocycles. The van der Waals surface area contributed by atoms with Crippen LogP contribution in [0.15, 0.2) is 47.0 Å². The first-order chi connectivity index (χ1) is 13.6. The second-order valence-electron chi connectivity index (χ2n) is 6.28. The van der Waals surface area contributed by atoms with E-state index in [0.29, 0.717) is 41.7 Å². The average molecular weight is 382 g/mol. The number of nitrogens with one attached hydrogen (secondary N) is 1. The third-order valence-electron chi connectivity index (χ3n) is 4.25. The highest BCUT2D eigenvalue weighted by molar-refractivity contribution is 5.95. The summed E-state index contributed by atoms with van der Waals surface area (Å²) in [7, 11) is 0. The minimum Gasteiger partial charge on any atom is -0.486 e. The molecule has 1 atom stereocenters. The predicted molar refractivity (Wildman–Crippen MR) is 99.3 cm³/mol. The zero-order valence-corrected chi connectivity index (χ0v) is 15.1. The third-order valence-corrected chi connectivity index (χ3v) is 4.25. The number of hydrogen-bond donors (Lipinski definition) is 1. The molecule has 1 aromatic heterocycles. The van der Waals surface area contributed by atoms with Gasteiger partial charge in [0.25, 0.3) is 5.91 Å². The van der Waals surface area contributed by atoms with Crippen molar-refractivity contribution in [3.63, 3.8) is 0 Å². The van der Waals surface area contributed by atoms with E-state index in [9.17, 15) is 9.59 Å². The molecule has 0 fully saturated rings. The maximum Gasteiger partial charge on any atom is 0.312 e. The quantitative estimate of drug-likeness (QED) is 0.677. The maximum atomic E-state index is 12.3. The summed E-state index contributed by atoms with van der Waals surface area (Å²) < 4.78 is 21.3. The third kappa shape index (κ3) is 3.75. The summed E-state index contributed by atoms with van der Waals surface area (Å²) in [5.41, 5.74) is 1.59. The molecule has 0 bridgehead atoms. The van der Waals surface area contributed by atoms with Gasteiger partial charge in [-0.25, -0.2) is 0 Å². The lowest BCUT2D eigenvalue weighted by Crippen LogP contribution is -2.30. The first-order valence-corrected chi connectivity index (χ1v) is 8.83. The minimum absolute atomic E-state index is 0.0847. The van der Waals surface area contributed by atoms with E-state index in [1.807, 2.05) is 18.2 Å². The standard InChI is InChI=1S/C20H18N2O6/c1-12(20(24)21-13-6-7-17-18(10-13)26-9-8-25-17)27-19(23)11-15-14-4-2-3-5-16(14)28-22-15/h2-7,10,12H,8-9,11H2,1H3,(H,21,24). The lowest BCUT2D eigenvalue weighted by atomic mass is 10.2. The van der Waals surface area contributed by atoms with Crippen LogP contribution < -0.4 is 14.8 Å². The molecular weight excluding hydrogens is 364 g/mol. The van der Waals surface area contributed by atoms with Crippen LogP contribution >= 0.6 is 0 Å². The molecular formula is C20H18N2O6. The molecule has 28 heavy (non-hydrogen) atoms. The Morgan fingerprint density at radius 2 is 1.93 bits per heavy atom. The molecule has 0 spiro atoms. The van der Waals surface area contributed by atoms with Gasteiger partial charge in [0, 0.05) is 17.1 Å². The predicted octanol–water partition coefficient (Wildman–Crippen LogP) is 2.71. The fourth-order valence-electron chi connectivity index (χ4n) is 2.86. The number of rotatable bonds is 5. The number of ether oxygens (including phenoxy) is 3. The first kappa shape index (κ1) is 17.8. The zero-order chi connectivity index (χ0) is 19.5. The van der Waals surface area contributed by atoms with Crippen molar-refractivity contribution in [2.45, 2.75) is 19.4 Å². The molecule has 144 valence electrons. The van der Waals surface area contributed by atoms with Gasteiger partial charge in [0.1, 0.15) is 18.9 Å². The second kappa shape index (κ2) is 7.59. The summed E-state index contributed by atoms with van der Waals surface area (Å²) in [6.07, 6.45) is -1.06. The molecule has 1 aliphatic rings. The molecule has 0 radical (unpaired) electrons. The number of carbonyl (C=O) groups excluding carboxylic acids is 2. The number of esters is 1. The molecule has 1 amide bonds. The number of fused-ring (bicyclic) bond motifs is 2. The van der Waals surface area contributed by atoms with Crippen molar-refractivity contribution in [1.82, 2.24) is 5.16 Å². The summed E-state index contributed by atoms with van der Waals surface area (Å²) in [5.74, 6) is 0.175. The molecule has 0 saturated heterocycles. The van der Waals surface area contributed by atoms with E-state index in [1.165, 1.54) is 6.92 Å². The van der Waals surface area contributed by atoms with Crippen molar-refractivity contribution < 1.29 is 28.3 Å². The Morgan fingerprint density at radius 1 is 1.14 bits per heavy atom. The van der Waals surface area contributed by atoms with Crippen molar-refractivity contribution in [3.8, 4) is 11.5 Å². The van der Waals surface area contributed by atoms with Crippen LogP contribution in [0.3, 0.4) is 0 Å². The van der Waals surface area contributed by atoms with Crippen LogP contribution in [0.5, 0.6) is 11.5 Å². The summed E-state index contributed by atoms with van der Waals surface area (Å²) in [6.45, 7) is 2.45. The Kier molecular flexibility index (Phi) is 4.84. The Labute approximate surface area is 160 Å². The van der Waals surface area contributed by atoms with E-state index >= 15 is 0 Å². The van der Waals surface area contributed by atoms with Crippen molar-refractivity contribution in [2.75, 3.05) is 18.5 Å². The number of aromatic nitrogens is 1. The first-order valence-electron chi connectivity index (χ1n) is 8.83. The van der Waals surface area contributed by atoms with E-state index < -0.39 is 18.0 Å². The molecule has 2 aromatic carbocycles. The van der Waals surface area contributed by atoms with Crippen LogP contribution in [0.1, 0.15) is 12.6 Å². The smallest absolute Gasteiger partial charge is 0.312 e. The van der Waals surface area contributed by atoms with Gasteiger partial charge in [0.2, 0.25) is 0 Å². The summed E-state index contributed by atoms with van der Waals surface area (Å²) >= 11 is 0. The molecule has 1 aliphatic heterocycles. The average Bonchev–Trinajstić information content (AvgIpc) is 3.10. The number of amides is 1. The fourth-order valence-corrected chi connectivity index (χ4v) is 2.86. The normalized spacial score (nSPS) is 13.8. The van der Waals surface area contributed by atoms with Crippen LogP contribution in [-0.2, 0) is 20.7 Å². The molecule has 4 rings (SSSR count). The van der Waals surface area contributed by atoms with Gasteiger partial charge < -0.3 is 24.1 Å². The van der Waals surface area contributed by atoms with Crippen LogP contribution in [-0.4, -0.2) is 36.4 Å². The summed E-state index contributed by atoms with van der Waals surface area (Å²) in [5, 5.41) is 7.34. The number of hydrogen-bond acceptors (Lipinski definition) is 7. The van der Waals surface area contributed by atoms with Crippen LogP contribution in [0.25, 0.3) is 11.0 Å². The monoisotopic (exact) mass is 382 g/mol. The van der Waals surface area contributed by atoms with Crippen molar-refractivity contribution >= 4 is 28.5 Å². The Morgan fingerprint density at radius 3 is 2.79 bits per heavy atom. The lowest BCUT2D eigenvalue weighted by Gasteiger charge is -2.19. The number of para-hydroxylation sites is 1. The van der Waals surface area contributed by atoms with Gasteiger partial charge in [-0.1, -0.05) is 17.3 Å². The van der Waals surface area contributed by atoms with E-state index in [4.69, 9.17) is 18.7 Å². The molecule has 8 heteroatoms. The second-order valence-corrected chi connectivity index (χ2v) is 6.28. The fraction of sp³-hybridized carbons (Fsp3) is 0.250. The van der Waals surface area contributed by atoms with Gasteiger partial charge in [-0.15, -0.1) is 0 Å². The molecule has 1 unspecified atom stereocenters. The zero-order valence-electron chi connectivity index (χ0n) is 15.1. The number of nitrogens with zero attached hydrogens (tertiary/aromatic N) is 1. The lowest BCUT2D eigenvalue weighted by molar-refractivity contribution is -0.152. The minimum atomic E-state index is -0.973. The van der Waals surface area contributed by atoms with E-state index in [1.54, 1.807) is 24.3 Å². The number of carbonyl (C=O) groups is 2. The highest BCUT2D eigenvalue weighted by Gasteiger charge is 2.21. The topological polar surface area (TPSA) is 99.9 Å². The van der Waals surface area contributed by atoms with Crippen LogP contribution in [0, 0.1) is 0 Å². The Balaban J connectivity index is 1.35. The van der Waals surface area contributed by atoms with Gasteiger partial charge in [0.05, 0.1) is 6.42 Å². The van der Waals surface area contributed by atoms with E-state index in [0.717, 1.165) is 5.39 Å². The van der Waals surface area contributed by atoms with Crippen LogP contribution in [0.4, 0.5) is 5.69 Å². The van der Waals surface area contributed by atoms with Gasteiger partial charge in [-0.2, -0.15) is 0 Å². The van der Waals surface area contributed by atoms with E-state index in [2.05, 4.69) is 10.5 Å². The highest BCUT2D eigenvalue weighted by Crippen LogP contribution is 2.32. The van der Waals surface area contributed by atoms with Gasteiger partial charge >= 0.3 is 5.97 Å². The molecule has 3 aromatic rings. The summed E-state index contributed by atoms with van der Waals surface area (Å²) in [6, 6.07) is 12.3. The van der Waals surface area contributed by atoms with E-state index in [-0.39, 0.29) is 6.42 Å². The Bertz CT molecular complexity index is 1030. The maximum absolute atomic E-state index is 12.3. The van der Waals surface area contributed by atoms with Crippen LogP contribution in [0.2, 0.25) is 0 Å². The van der Waals surface area contributed by atoms with Gasteiger partial charge in [0.15, 0.2) is 23.2 Å². The van der Waals surface area contributed by atoms with Crippen molar-refractivity contribution in [1.29, 1.82) is 0 Å². The number of anilines is 1. The molecule has 1 N–H and O–H groups in total. The summed E-state index contributed by atoms with van der Waals surface area (Å²) in [4.78, 5) is 24.5.